The van der Waals surface area contributed by atoms with Gasteiger partial charge in [-0.1, -0.05) is 54.6 Å². The molecule has 3 aliphatic rings. The monoisotopic (exact) mass is 1660 g/mol. The topological polar surface area (TPSA) is 362 Å². The molecule has 3 aliphatic carbocycles. The minimum Gasteiger partial charge on any atom is -0.744 e. The zero-order valence-electron chi connectivity index (χ0n) is 64.6. The van der Waals surface area contributed by atoms with E-state index in [0.717, 1.165) is 131 Å². The van der Waals surface area contributed by atoms with Gasteiger partial charge in [-0.05, 0) is 242 Å². The third kappa shape index (κ3) is 23.1. The largest absolute Gasteiger partial charge is 3.00 e. The van der Waals surface area contributed by atoms with E-state index in [9.17, 15) is 77.8 Å². The average Bonchev–Trinajstić information content (AvgIpc) is 0.776. The summed E-state index contributed by atoms with van der Waals surface area (Å²) in [7, 11) is -30.3. The Morgan fingerprint density at radius 3 is 0.607 bits per heavy atom. The maximum atomic E-state index is 12.3. The van der Waals surface area contributed by atoms with Gasteiger partial charge in [0.1, 0.15) is 100.0 Å². The first-order chi connectivity index (χ1) is 52.3. The fraction of sp³-hybridized carbons (Fsp3) is 0.296. The Hall–Kier alpha value is -8.62. The second kappa shape index (κ2) is 39.9. The molecule has 0 aromatic heterocycles. The van der Waals surface area contributed by atoms with Crippen LogP contribution < -0.4 is 14.7 Å². The van der Waals surface area contributed by atoms with E-state index in [1.807, 2.05) is 229 Å². The molecule has 24 nitrogen and oxygen atoms in total. The number of anilines is 3. The van der Waals surface area contributed by atoms with Crippen LogP contribution in [0.3, 0.4) is 0 Å². The third-order valence-electron chi connectivity index (χ3n) is 19.0. The first-order valence-corrected chi connectivity index (χ1v) is 44.7. The second-order valence-electron chi connectivity index (χ2n) is 25.1. The average molecular weight is 1660 g/mol. The van der Waals surface area contributed by atoms with Crippen molar-refractivity contribution in [1.29, 1.82) is 0 Å². The molecule has 594 valence electrons. The van der Waals surface area contributed by atoms with E-state index >= 15 is 0 Å². The molecule has 0 N–H and O–H groups in total. The molecule has 31 heteroatoms. The van der Waals surface area contributed by atoms with Gasteiger partial charge in [0, 0.05) is 109 Å². The predicted octanol–water partition coefficient (Wildman–Crippen LogP) is 10.9. The molecule has 112 heavy (non-hydrogen) atoms. The Morgan fingerprint density at radius 1 is 0.268 bits per heavy atom. The van der Waals surface area contributed by atoms with E-state index in [1.165, 1.54) is 18.2 Å². The number of hydrogen-bond donors (Lipinski definition) is 0. The van der Waals surface area contributed by atoms with Gasteiger partial charge in [0.2, 0.25) is 0 Å². The molecule has 0 radical (unpaired) electrons. The van der Waals surface area contributed by atoms with Crippen LogP contribution in [0, 0.1) is 0 Å². The zero-order valence-corrected chi connectivity index (χ0v) is 70.7. The summed E-state index contributed by atoms with van der Waals surface area (Å²) in [5.41, 5.74) is 11.0. The summed E-state index contributed by atoms with van der Waals surface area (Å²) >= 11 is 0. The standard InChI is InChI=1S/3C27H32N2O6S2.Al/c3*1-5-28(6-2)22-13-9-20(10-14-22)27(21-11-15-23(16-12-21)29(7-3)8-4)25-18-17-24(36(30,31)32)19-26(25)37(33,34)35;/h3*9-19H,5-8H2,1-4H3,(H-,30,31,32,33,34,35);/q;;;+3/p-3. The van der Waals surface area contributed by atoms with Crippen molar-refractivity contribution in [2.45, 2.75) is 112 Å². The first kappa shape index (κ1) is 92.3. The summed E-state index contributed by atoms with van der Waals surface area (Å²) in [5.74, 6) is 0. The van der Waals surface area contributed by atoms with E-state index in [0.29, 0.717) is 68.3 Å². The number of hydrogen-bond acceptors (Lipinski definition) is 21. The normalized spacial score (nSPS) is 13.6. The number of benzene rings is 6. The minimum absolute atomic E-state index is 0. The Balaban J connectivity index is 0.000000261. The molecule has 0 amide bonds. The van der Waals surface area contributed by atoms with E-state index in [2.05, 4.69) is 28.4 Å². The molecule has 0 fully saturated rings. The van der Waals surface area contributed by atoms with Crippen molar-refractivity contribution >= 4 is 129 Å². The summed E-state index contributed by atoms with van der Waals surface area (Å²) in [6.07, 6.45) is 22.5. The molecule has 0 saturated carbocycles. The second-order valence-corrected chi connectivity index (χ2v) is 33.3. The van der Waals surface area contributed by atoms with Crippen LogP contribution in [-0.2, 0) is 60.7 Å². The number of nitrogens with zero attached hydrogens (tertiary/aromatic N) is 6. The van der Waals surface area contributed by atoms with Crippen LogP contribution in [0.5, 0.6) is 0 Å². The Morgan fingerprint density at radius 2 is 0.455 bits per heavy atom. The molecule has 0 saturated heterocycles. The smallest absolute Gasteiger partial charge is 0.744 e. The van der Waals surface area contributed by atoms with Crippen molar-refractivity contribution < 1.29 is 91.5 Å². The van der Waals surface area contributed by atoms with E-state index in [-0.39, 0.29) is 34.1 Å². The van der Waals surface area contributed by atoms with Crippen LogP contribution in [0.4, 0.5) is 17.1 Å². The Labute approximate surface area is 671 Å². The summed E-state index contributed by atoms with van der Waals surface area (Å²) in [5, 5.41) is 0. The summed E-state index contributed by atoms with van der Waals surface area (Å²) < 4.78 is 221. The van der Waals surface area contributed by atoms with Crippen molar-refractivity contribution in [2.24, 2.45) is 0 Å². The van der Waals surface area contributed by atoms with Crippen LogP contribution in [0.1, 0.15) is 116 Å². The van der Waals surface area contributed by atoms with Crippen LogP contribution >= 0.6 is 0 Å². The SMILES string of the molecule is CCN(CC)c1ccc(C(=C2C=CC(=[N+](CC)CC)C=C2)c2ccc(S(=O)(=O)[O-])cc2S(=O)(=O)[O-])cc1.CCN(CC)c1ccc(C(=C2C=CC(=[N+](CC)CC)C=C2)c2ccc(S(=O)(=O)[O-])cc2S(=O)(=O)[O-])cc1.CCN(CC)c1ccc(C(=C2C=CC(=[N+](CC)CC)C=C2)c2ccc(S(=O)(=O)[O-])cc2S(=O)(=O)[O-])cc1.[Al+3]. The zero-order chi connectivity index (χ0) is 82.1. The van der Waals surface area contributed by atoms with Crippen LogP contribution in [0.2, 0.25) is 0 Å². The molecule has 6 aromatic rings. The van der Waals surface area contributed by atoms with E-state index < -0.39 is 90.1 Å². The van der Waals surface area contributed by atoms with Crippen LogP contribution in [0.25, 0.3) is 16.7 Å². The van der Waals surface area contributed by atoms with Crippen LogP contribution in [-0.4, -0.2) is 205 Å². The number of rotatable bonds is 27. The Kier molecular flexibility index (Phi) is 32.9. The maximum Gasteiger partial charge on any atom is 3.00 e. The van der Waals surface area contributed by atoms with Gasteiger partial charge in [-0.25, -0.2) is 64.2 Å². The van der Waals surface area contributed by atoms with Gasteiger partial charge in [-0.2, -0.15) is 0 Å². The fourth-order valence-corrected chi connectivity index (χ4v) is 17.1. The molecular formula is C81H93AlN6O18S6. The molecule has 0 spiro atoms. The molecule has 0 atom stereocenters. The van der Waals surface area contributed by atoms with Gasteiger partial charge in [0.15, 0.2) is 17.1 Å². The molecule has 0 bridgehead atoms. The Bertz CT molecular complexity index is 4970. The quantitative estimate of drug-likeness (QED) is 0.0263. The van der Waals surface area contributed by atoms with Crippen molar-refractivity contribution in [1.82, 2.24) is 0 Å². The van der Waals surface area contributed by atoms with Crippen molar-refractivity contribution in [3.63, 3.8) is 0 Å². The molecule has 6 aromatic carbocycles. The number of allylic oxidation sites excluding steroid dienone is 15. The van der Waals surface area contributed by atoms with Crippen molar-refractivity contribution in [3.8, 4) is 0 Å². The fourth-order valence-electron chi connectivity index (χ4n) is 13.2. The predicted molar refractivity (Wildman–Crippen MR) is 435 cm³/mol. The first-order valence-electron chi connectivity index (χ1n) is 36.2. The molecule has 0 aliphatic heterocycles. The van der Waals surface area contributed by atoms with Gasteiger partial charge in [-0.3, -0.25) is 0 Å². The van der Waals surface area contributed by atoms with Gasteiger partial charge >= 0.3 is 17.4 Å². The van der Waals surface area contributed by atoms with Crippen LogP contribution in [0.15, 0.2) is 246 Å². The molecular weight excluding hydrogens is 1560 g/mol. The summed E-state index contributed by atoms with van der Waals surface area (Å²) in [6, 6.07) is 31.1. The molecule has 0 heterocycles. The summed E-state index contributed by atoms with van der Waals surface area (Å²) in [6.45, 7) is 34.2. The van der Waals surface area contributed by atoms with E-state index in [4.69, 9.17) is 0 Å². The van der Waals surface area contributed by atoms with Crippen molar-refractivity contribution in [3.05, 3.63) is 250 Å². The van der Waals surface area contributed by atoms with Gasteiger partial charge in [0.05, 0.1) is 29.4 Å². The van der Waals surface area contributed by atoms with Gasteiger partial charge < -0.3 is 42.0 Å². The molecule has 0 unspecified atom stereocenters. The van der Waals surface area contributed by atoms with Crippen molar-refractivity contribution in [2.75, 3.05) is 93.2 Å². The van der Waals surface area contributed by atoms with Gasteiger partial charge in [0.25, 0.3) is 0 Å². The van der Waals surface area contributed by atoms with Gasteiger partial charge in [-0.15, -0.1) is 0 Å². The summed E-state index contributed by atoms with van der Waals surface area (Å²) in [4.78, 5) is 1.84. The third-order valence-corrected chi connectivity index (χ3v) is 24.2. The minimum atomic E-state index is -5.13. The maximum absolute atomic E-state index is 12.3. The van der Waals surface area contributed by atoms with E-state index in [1.54, 1.807) is 0 Å². The molecule has 9 rings (SSSR count).